The SMILES string of the molecule is CNC(C)c1csc(Cc2ccc(OC)cc2)n1. The lowest BCUT2D eigenvalue weighted by Crippen LogP contribution is -2.12. The summed E-state index contributed by atoms with van der Waals surface area (Å²) in [5.41, 5.74) is 2.37. The van der Waals surface area contributed by atoms with Crippen LogP contribution in [0.4, 0.5) is 0 Å². The van der Waals surface area contributed by atoms with Crippen molar-refractivity contribution in [2.45, 2.75) is 19.4 Å². The number of benzene rings is 1. The number of thiazole rings is 1. The summed E-state index contributed by atoms with van der Waals surface area (Å²) < 4.78 is 5.15. The molecule has 3 nitrogen and oxygen atoms in total. The minimum absolute atomic E-state index is 0.311. The van der Waals surface area contributed by atoms with Crippen LogP contribution in [0.3, 0.4) is 0 Å². The fourth-order valence-electron chi connectivity index (χ4n) is 1.67. The van der Waals surface area contributed by atoms with Crippen LogP contribution in [0.25, 0.3) is 0 Å². The highest BCUT2D eigenvalue weighted by molar-refractivity contribution is 7.09. The molecule has 0 spiro atoms. The summed E-state index contributed by atoms with van der Waals surface area (Å²) in [4.78, 5) is 4.64. The average molecular weight is 262 g/mol. The Bertz CT molecular complexity index is 493. The van der Waals surface area contributed by atoms with E-state index in [9.17, 15) is 0 Å². The predicted octanol–water partition coefficient (Wildman–Crippen LogP) is 3.02. The highest BCUT2D eigenvalue weighted by Crippen LogP contribution is 2.20. The zero-order chi connectivity index (χ0) is 13.0. The summed E-state index contributed by atoms with van der Waals surface area (Å²) in [6.07, 6.45) is 0.880. The molecule has 4 heteroatoms. The third-order valence-corrected chi connectivity index (χ3v) is 3.83. The lowest BCUT2D eigenvalue weighted by atomic mass is 10.1. The van der Waals surface area contributed by atoms with E-state index in [2.05, 4.69) is 34.7 Å². The van der Waals surface area contributed by atoms with Crippen molar-refractivity contribution in [3.63, 3.8) is 0 Å². The Morgan fingerprint density at radius 1 is 1.33 bits per heavy atom. The molecule has 1 aromatic carbocycles. The van der Waals surface area contributed by atoms with E-state index in [1.54, 1.807) is 18.4 Å². The van der Waals surface area contributed by atoms with E-state index < -0.39 is 0 Å². The van der Waals surface area contributed by atoms with E-state index in [4.69, 9.17) is 4.74 Å². The molecule has 0 bridgehead atoms. The van der Waals surface area contributed by atoms with Gasteiger partial charge in [0.1, 0.15) is 5.75 Å². The molecule has 2 rings (SSSR count). The number of nitrogens with one attached hydrogen (secondary N) is 1. The molecule has 96 valence electrons. The normalized spacial score (nSPS) is 12.4. The lowest BCUT2D eigenvalue weighted by molar-refractivity contribution is 0.414. The second-order valence-electron chi connectivity index (χ2n) is 4.20. The second kappa shape index (κ2) is 5.98. The Morgan fingerprint density at radius 3 is 2.67 bits per heavy atom. The number of hydrogen-bond donors (Lipinski definition) is 1. The molecule has 1 N–H and O–H groups in total. The van der Waals surface area contributed by atoms with E-state index in [0.29, 0.717) is 6.04 Å². The second-order valence-corrected chi connectivity index (χ2v) is 5.14. The topological polar surface area (TPSA) is 34.1 Å². The van der Waals surface area contributed by atoms with Gasteiger partial charge in [-0.1, -0.05) is 12.1 Å². The molecular weight excluding hydrogens is 244 g/mol. The summed E-state index contributed by atoms with van der Waals surface area (Å²) in [5.74, 6) is 0.891. The van der Waals surface area contributed by atoms with Gasteiger partial charge in [-0.15, -0.1) is 11.3 Å². The largest absolute Gasteiger partial charge is 0.497 e. The van der Waals surface area contributed by atoms with Crippen molar-refractivity contribution < 1.29 is 4.74 Å². The first-order valence-corrected chi connectivity index (χ1v) is 6.85. The van der Waals surface area contributed by atoms with Gasteiger partial charge in [0, 0.05) is 17.8 Å². The molecule has 1 atom stereocenters. The summed E-state index contributed by atoms with van der Waals surface area (Å²) in [6.45, 7) is 2.12. The minimum Gasteiger partial charge on any atom is -0.497 e. The number of hydrogen-bond acceptors (Lipinski definition) is 4. The van der Waals surface area contributed by atoms with Gasteiger partial charge in [0.25, 0.3) is 0 Å². The first kappa shape index (κ1) is 13.1. The number of aromatic nitrogens is 1. The van der Waals surface area contributed by atoms with Gasteiger partial charge in [0.2, 0.25) is 0 Å². The molecule has 0 aliphatic rings. The Balaban J connectivity index is 2.06. The van der Waals surface area contributed by atoms with E-state index in [-0.39, 0.29) is 0 Å². The van der Waals surface area contributed by atoms with Crippen LogP contribution >= 0.6 is 11.3 Å². The van der Waals surface area contributed by atoms with Crippen LogP contribution in [0.15, 0.2) is 29.6 Å². The molecule has 18 heavy (non-hydrogen) atoms. The first-order chi connectivity index (χ1) is 8.72. The summed E-state index contributed by atoms with van der Waals surface area (Å²) in [5, 5.41) is 6.48. The van der Waals surface area contributed by atoms with Gasteiger partial charge in [-0.3, -0.25) is 0 Å². The highest BCUT2D eigenvalue weighted by Gasteiger charge is 2.08. The zero-order valence-corrected chi connectivity index (χ0v) is 11.8. The van der Waals surface area contributed by atoms with Crippen molar-refractivity contribution in [3.05, 3.63) is 45.9 Å². The minimum atomic E-state index is 0.311. The fourth-order valence-corrected chi connectivity index (χ4v) is 2.59. The molecule has 0 aliphatic heterocycles. The van der Waals surface area contributed by atoms with Gasteiger partial charge in [0.15, 0.2) is 0 Å². The van der Waals surface area contributed by atoms with E-state index in [1.807, 2.05) is 19.2 Å². The van der Waals surface area contributed by atoms with Crippen molar-refractivity contribution in [3.8, 4) is 5.75 Å². The Kier molecular flexibility index (Phi) is 4.33. The molecule has 0 saturated carbocycles. The fraction of sp³-hybridized carbons (Fsp3) is 0.357. The number of nitrogens with zero attached hydrogens (tertiary/aromatic N) is 1. The molecule has 0 radical (unpaired) electrons. The third-order valence-electron chi connectivity index (χ3n) is 2.96. The zero-order valence-electron chi connectivity index (χ0n) is 10.9. The van der Waals surface area contributed by atoms with Gasteiger partial charge in [-0.25, -0.2) is 4.98 Å². The summed E-state index contributed by atoms with van der Waals surface area (Å²) in [7, 11) is 3.63. The third kappa shape index (κ3) is 3.09. The van der Waals surface area contributed by atoms with Gasteiger partial charge >= 0.3 is 0 Å². The number of rotatable bonds is 5. The van der Waals surface area contributed by atoms with E-state index >= 15 is 0 Å². The molecule has 1 unspecified atom stereocenters. The molecule has 0 aliphatic carbocycles. The van der Waals surface area contributed by atoms with Crippen LogP contribution in [0.1, 0.15) is 29.2 Å². The summed E-state index contributed by atoms with van der Waals surface area (Å²) in [6, 6.07) is 8.45. The highest BCUT2D eigenvalue weighted by atomic mass is 32.1. The Labute approximate surface area is 112 Å². The average Bonchev–Trinajstić information content (AvgIpc) is 2.87. The van der Waals surface area contributed by atoms with Crippen LogP contribution < -0.4 is 10.1 Å². The maximum Gasteiger partial charge on any atom is 0.118 e. The van der Waals surface area contributed by atoms with Crippen molar-refractivity contribution in [1.82, 2.24) is 10.3 Å². The molecule has 2 aromatic rings. The smallest absolute Gasteiger partial charge is 0.118 e. The van der Waals surface area contributed by atoms with Crippen molar-refractivity contribution in [2.24, 2.45) is 0 Å². The van der Waals surface area contributed by atoms with Crippen molar-refractivity contribution in [1.29, 1.82) is 0 Å². The molecule has 1 aromatic heterocycles. The lowest BCUT2D eigenvalue weighted by Gasteiger charge is -2.05. The molecular formula is C14H18N2OS. The van der Waals surface area contributed by atoms with E-state index in [0.717, 1.165) is 22.9 Å². The summed E-state index contributed by atoms with van der Waals surface area (Å²) >= 11 is 1.72. The van der Waals surface area contributed by atoms with Gasteiger partial charge < -0.3 is 10.1 Å². The van der Waals surface area contributed by atoms with Crippen LogP contribution in [-0.4, -0.2) is 19.1 Å². The maximum absolute atomic E-state index is 5.15. The van der Waals surface area contributed by atoms with Crippen LogP contribution in [-0.2, 0) is 6.42 Å². The molecule has 0 fully saturated rings. The molecule has 0 saturated heterocycles. The van der Waals surface area contributed by atoms with Gasteiger partial charge in [0.05, 0.1) is 17.8 Å². The van der Waals surface area contributed by atoms with Gasteiger partial charge in [-0.05, 0) is 31.7 Å². The number of ether oxygens (including phenoxy) is 1. The van der Waals surface area contributed by atoms with Crippen molar-refractivity contribution >= 4 is 11.3 Å². The molecule has 0 amide bonds. The molecule has 1 heterocycles. The Morgan fingerprint density at radius 2 is 2.06 bits per heavy atom. The van der Waals surface area contributed by atoms with E-state index in [1.165, 1.54) is 5.56 Å². The quantitative estimate of drug-likeness (QED) is 0.899. The first-order valence-electron chi connectivity index (χ1n) is 5.97. The van der Waals surface area contributed by atoms with Gasteiger partial charge in [-0.2, -0.15) is 0 Å². The van der Waals surface area contributed by atoms with Crippen LogP contribution in [0.5, 0.6) is 5.75 Å². The number of methoxy groups -OCH3 is 1. The van der Waals surface area contributed by atoms with Crippen molar-refractivity contribution in [2.75, 3.05) is 14.2 Å². The van der Waals surface area contributed by atoms with Crippen LogP contribution in [0.2, 0.25) is 0 Å². The maximum atomic E-state index is 5.15. The monoisotopic (exact) mass is 262 g/mol. The Hall–Kier alpha value is -1.39. The van der Waals surface area contributed by atoms with Crippen LogP contribution in [0, 0.1) is 0 Å². The standard InChI is InChI=1S/C14H18N2OS/c1-10(15-2)13-9-18-14(16-13)8-11-4-6-12(17-3)7-5-11/h4-7,9-10,15H,8H2,1-3H3. The predicted molar refractivity (Wildman–Crippen MR) is 75.4 cm³/mol.